The van der Waals surface area contributed by atoms with Crippen LogP contribution < -0.4 is 21.7 Å². The van der Waals surface area contributed by atoms with Gasteiger partial charge in [0.25, 0.3) is 0 Å². The van der Waals surface area contributed by atoms with Gasteiger partial charge in [0.15, 0.2) is 0 Å². The van der Waals surface area contributed by atoms with Gasteiger partial charge in [-0.2, -0.15) is 5.26 Å². The molecule has 0 aliphatic heterocycles. The number of nitrogens with two attached hydrogens (primary N) is 1. The van der Waals surface area contributed by atoms with Crippen LogP contribution in [0.25, 0.3) is 5.70 Å². The van der Waals surface area contributed by atoms with Gasteiger partial charge in [-0.05, 0) is 102 Å². The van der Waals surface area contributed by atoms with Crippen LogP contribution in [-0.4, -0.2) is 48.4 Å². The van der Waals surface area contributed by atoms with Crippen molar-refractivity contribution >= 4 is 23.6 Å². The molecule has 62 heavy (non-hydrogen) atoms. The Hall–Kier alpha value is -7.20. The van der Waals surface area contributed by atoms with Gasteiger partial charge in [0, 0.05) is 19.9 Å². The number of amides is 3. The smallest absolute Gasteiger partial charge is 0.408 e. The first-order chi connectivity index (χ1) is 29.0. The fourth-order valence-electron chi connectivity index (χ4n) is 4.15. The Labute approximate surface area is 356 Å². The molecule has 0 radical (unpaired) electrons. The third-order valence-corrected chi connectivity index (χ3v) is 6.96. The minimum atomic E-state index is -0.542. The van der Waals surface area contributed by atoms with Crippen LogP contribution in [0.3, 0.4) is 0 Å². The average Bonchev–Trinajstić information content (AvgIpc) is 3.19. The second kappa shape index (κ2) is 26.8. The standard InChI is InChI=1S/C12H17FN2O2.C9H11FN2O.C9H9FN2O.C7H9FN2.C6H3FN2/c1-8(10-6-5-9(13)7-14-10)15-11(16)17-12(2,3)4;2*1-6(12-7(2)13)9-4-3-8(10)5-11-9;1-5(9)7-3-2-6(8)4-10-7;7-5-1-2-6(3-8)9-4-5/h5-8H,1-4H3,(H,15,16);3-6H,1-2H3,(H,12,13);3-5H,1H2,2H3,(H,12,13);2-5H,9H2,1H3;1-2,4H/t8-;6-;;5-;/m11.1./s1. The number of ether oxygens (including phenoxy) is 1. The molecule has 5 rings (SSSR count). The molecule has 19 heteroatoms. The summed E-state index contributed by atoms with van der Waals surface area (Å²) in [4.78, 5) is 51.5. The maximum atomic E-state index is 12.7. The summed E-state index contributed by atoms with van der Waals surface area (Å²) in [6.45, 7) is 17.1. The van der Waals surface area contributed by atoms with Crippen molar-refractivity contribution in [1.29, 1.82) is 5.26 Å². The Morgan fingerprint density at radius 1 is 0.645 bits per heavy atom. The van der Waals surface area contributed by atoms with Crippen LogP contribution in [0, 0.1) is 40.4 Å². The summed E-state index contributed by atoms with van der Waals surface area (Å²) in [6, 6.07) is 15.0. The fraction of sp³-hybridized carbons (Fsp3) is 0.279. The van der Waals surface area contributed by atoms with E-state index in [4.69, 9.17) is 15.7 Å². The highest BCUT2D eigenvalue weighted by Gasteiger charge is 2.18. The summed E-state index contributed by atoms with van der Waals surface area (Å²) in [5.74, 6) is -2.30. The first kappa shape index (κ1) is 52.8. The van der Waals surface area contributed by atoms with Gasteiger partial charge in [-0.1, -0.05) is 6.58 Å². The van der Waals surface area contributed by atoms with Gasteiger partial charge in [-0.15, -0.1) is 0 Å². The second-order valence-electron chi connectivity index (χ2n) is 13.8. The van der Waals surface area contributed by atoms with E-state index in [-0.39, 0.29) is 47.3 Å². The number of aromatic nitrogens is 5. The molecule has 0 aromatic carbocycles. The molecule has 3 amide bonds. The zero-order valence-corrected chi connectivity index (χ0v) is 35.4. The zero-order chi connectivity index (χ0) is 47.0. The average molecular weight is 865 g/mol. The molecule has 0 unspecified atom stereocenters. The largest absolute Gasteiger partial charge is 0.444 e. The van der Waals surface area contributed by atoms with Gasteiger partial charge in [0.05, 0.1) is 71.5 Å². The van der Waals surface area contributed by atoms with Gasteiger partial charge in [-0.3, -0.25) is 29.5 Å². The predicted molar refractivity (Wildman–Crippen MR) is 221 cm³/mol. The highest BCUT2D eigenvalue weighted by Crippen LogP contribution is 2.13. The number of hydrogen-bond donors (Lipinski definition) is 4. The van der Waals surface area contributed by atoms with Crippen molar-refractivity contribution in [2.75, 3.05) is 0 Å². The van der Waals surface area contributed by atoms with Gasteiger partial charge in [-0.25, -0.2) is 31.7 Å². The first-order valence-electron chi connectivity index (χ1n) is 18.5. The molecule has 5 aromatic rings. The minimum Gasteiger partial charge on any atom is -0.444 e. The number of alkyl carbamates (subject to hydrolysis) is 1. The van der Waals surface area contributed by atoms with E-state index in [1.807, 2.05) is 0 Å². The Balaban J connectivity index is 0.000000394. The number of nitrogens with one attached hydrogen (secondary N) is 3. The van der Waals surface area contributed by atoms with Crippen LogP contribution in [-0.2, 0) is 14.3 Å². The van der Waals surface area contributed by atoms with Crippen molar-refractivity contribution in [1.82, 2.24) is 40.9 Å². The Morgan fingerprint density at radius 2 is 1.05 bits per heavy atom. The summed E-state index contributed by atoms with van der Waals surface area (Å²) in [7, 11) is 0. The van der Waals surface area contributed by atoms with Crippen LogP contribution in [0.2, 0.25) is 0 Å². The summed E-state index contributed by atoms with van der Waals surface area (Å²) >= 11 is 0. The molecule has 0 saturated heterocycles. The van der Waals surface area contributed by atoms with E-state index in [1.165, 1.54) is 68.6 Å². The van der Waals surface area contributed by atoms with Crippen molar-refractivity contribution < 1.29 is 41.1 Å². The number of carbonyl (C=O) groups is 3. The maximum Gasteiger partial charge on any atom is 0.408 e. The molecule has 0 saturated carbocycles. The number of pyridine rings is 5. The number of carbonyl (C=O) groups excluding carboxylic acids is 3. The van der Waals surface area contributed by atoms with E-state index in [2.05, 4.69) is 47.4 Å². The Kier molecular flexibility index (Phi) is 22.8. The SMILES string of the molecule is C=C(NC(C)=O)c1ccc(F)cn1.CC(=O)N[C@H](C)c1ccc(F)cn1.C[C@@H](N)c1ccc(F)cn1.C[C@@H](NC(=O)OC(C)(C)C)c1ccc(F)cn1.N#Cc1ccc(F)cn1. The quantitative estimate of drug-likeness (QED) is 0.116. The monoisotopic (exact) mass is 864 g/mol. The van der Waals surface area contributed by atoms with Crippen LogP contribution in [0.4, 0.5) is 26.7 Å². The normalized spacial score (nSPS) is 11.4. The van der Waals surface area contributed by atoms with Gasteiger partial charge in [0.1, 0.15) is 46.5 Å². The lowest BCUT2D eigenvalue weighted by Gasteiger charge is -2.21. The van der Waals surface area contributed by atoms with E-state index in [1.54, 1.807) is 59.7 Å². The molecule has 5 heterocycles. The number of nitriles is 1. The lowest BCUT2D eigenvalue weighted by atomic mass is 10.2. The zero-order valence-electron chi connectivity index (χ0n) is 35.4. The van der Waals surface area contributed by atoms with E-state index >= 15 is 0 Å². The first-order valence-corrected chi connectivity index (χ1v) is 18.5. The van der Waals surface area contributed by atoms with Crippen molar-refractivity contribution in [2.24, 2.45) is 5.73 Å². The van der Waals surface area contributed by atoms with Crippen LogP contribution >= 0.6 is 0 Å². The maximum absolute atomic E-state index is 12.7. The molecule has 0 aliphatic rings. The molecule has 14 nitrogen and oxygen atoms in total. The number of hydrogen-bond acceptors (Lipinski definition) is 11. The summed E-state index contributed by atoms with van der Waals surface area (Å²) in [5.41, 5.74) is 7.93. The number of rotatable bonds is 7. The fourth-order valence-corrected chi connectivity index (χ4v) is 4.15. The van der Waals surface area contributed by atoms with Crippen molar-refractivity contribution in [3.05, 3.63) is 156 Å². The van der Waals surface area contributed by atoms with Crippen LogP contribution in [0.5, 0.6) is 0 Å². The van der Waals surface area contributed by atoms with E-state index in [0.717, 1.165) is 24.8 Å². The van der Waals surface area contributed by atoms with E-state index in [0.29, 0.717) is 28.5 Å². The number of halogens is 5. The van der Waals surface area contributed by atoms with Crippen molar-refractivity contribution in [2.45, 2.75) is 79.1 Å². The predicted octanol–water partition coefficient (Wildman–Crippen LogP) is 7.88. The van der Waals surface area contributed by atoms with Gasteiger partial charge in [0.2, 0.25) is 11.8 Å². The highest BCUT2D eigenvalue weighted by atomic mass is 19.1. The third-order valence-electron chi connectivity index (χ3n) is 6.96. The van der Waals surface area contributed by atoms with Crippen LogP contribution in [0.15, 0.2) is 98.2 Å². The molecular weight excluding hydrogens is 816 g/mol. The van der Waals surface area contributed by atoms with E-state index in [9.17, 15) is 36.3 Å². The van der Waals surface area contributed by atoms with Crippen molar-refractivity contribution in [3.63, 3.8) is 0 Å². The molecule has 5 N–H and O–H groups in total. The molecule has 0 spiro atoms. The second-order valence-corrected chi connectivity index (χ2v) is 13.8. The lowest BCUT2D eigenvalue weighted by molar-refractivity contribution is -0.120. The molecule has 5 aromatic heterocycles. The molecule has 0 bridgehead atoms. The topological polar surface area (TPSA) is 211 Å². The highest BCUT2D eigenvalue weighted by molar-refractivity contribution is 5.83. The summed E-state index contributed by atoms with van der Waals surface area (Å²) in [5, 5.41) is 15.9. The number of nitrogens with zero attached hydrogens (tertiary/aromatic N) is 6. The third kappa shape index (κ3) is 23.4. The molecule has 0 fully saturated rings. The molecular formula is C43H49F5N10O4. The Bertz CT molecular complexity index is 2180. The summed E-state index contributed by atoms with van der Waals surface area (Å²) < 4.78 is 67.0. The van der Waals surface area contributed by atoms with E-state index < -0.39 is 29.1 Å². The molecule has 330 valence electrons. The Morgan fingerprint density at radius 3 is 1.37 bits per heavy atom. The van der Waals surface area contributed by atoms with Crippen molar-refractivity contribution in [3.8, 4) is 6.07 Å². The lowest BCUT2D eigenvalue weighted by Crippen LogP contribution is -2.34. The van der Waals surface area contributed by atoms with Gasteiger partial charge >= 0.3 is 6.09 Å². The molecule has 3 atom stereocenters. The van der Waals surface area contributed by atoms with Gasteiger partial charge < -0.3 is 26.4 Å². The summed E-state index contributed by atoms with van der Waals surface area (Å²) in [6.07, 6.45) is 4.98. The molecule has 0 aliphatic carbocycles. The minimum absolute atomic E-state index is 0.124. The van der Waals surface area contributed by atoms with Crippen LogP contribution in [0.1, 0.15) is 102 Å².